The summed E-state index contributed by atoms with van der Waals surface area (Å²) in [6.07, 6.45) is 0.141. The maximum Gasteiger partial charge on any atom is 0.211 e. The van der Waals surface area contributed by atoms with E-state index in [0.717, 1.165) is 29.9 Å². The molecule has 2 aliphatic heterocycles. The zero-order valence-electron chi connectivity index (χ0n) is 16.6. The molecule has 8 heteroatoms. The number of ether oxygens (including phenoxy) is 2. The zero-order chi connectivity index (χ0) is 20.7. The summed E-state index contributed by atoms with van der Waals surface area (Å²) in [6.45, 7) is 4.78. The van der Waals surface area contributed by atoms with Crippen molar-refractivity contribution >= 4 is 16.7 Å². The predicted molar refractivity (Wildman–Crippen MR) is 110 cm³/mol. The van der Waals surface area contributed by atoms with E-state index >= 15 is 0 Å². The molecule has 30 heavy (non-hydrogen) atoms. The topological polar surface area (TPSA) is 86.2 Å². The van der Waals surface area contributed by atoms with Crippen molar-refractivity contribution in [3.8, 4) is 11.8 Å². The molecule has 154 valence electrons. The normalized spacial score (nSPS) is 24.1. The number of anilines is 1. The maximum atomic E-state index is 13.8. The van der Waals surface area contributed by atoms with Crippen LogP contribution in [-0.2, 0) is 4.74 Å². The predicted octanol–water partition coefficient (Wildman–Crippen LogP) is 3.21. The van der Waals surface area contributed by atoms with Crippen molar-refractivity contribution in [2.45, 2.75) is 25.1 Å². The number of morpholine rings is 1. The van der Waals surface area contributed by atoms with E-state index in [1.165, 1.54) is 12.1 Å². The summed E-state index contributed by atoms with van der Waals surface area (Å²) >= 11 is 0. The lowest BCUT2D eigenvalue weighted by atomic mass is 9.94. The molecule has 7 nitrogen and oxygen atoms in total. The molecule has 0 bridgehead atoms. The molecule has 0 aliphatic carbocycles. The van der Waals surface area contributed by atoms with Crippen LogP contribution in [0.1, 0.15) is 24.4 Å². The molecule has 3 aromatic rings. The number of fused-ring (bicyclic) bond motifs is 2. The minimum atomic E-state index is -0.320. The zero-order valence-corrected chi connectivity index (χ0v) is 16.6. The van der Waals surface area contributed by atoms with Gasteiger partial charge in [-0.25, -0.2) is 9.37 Å². The van der Waals surface area contributed by atoms with Crippen LogP contribution < -0.4 is 10.1 Å². The van der Waals surface area contributed by atoms with Crippen molar-refractivity contribution in [1.82, 2.24) is 14.9 Å². The number of para-hydroxylation sites is 1. The van der Waals surface area contributed by atoms with Gasteiger partial charge in [0.15, 0.2) is 0 Å². The highest BCUT2D eigenvalue weighted by Gasteiger charge is 2.37. The number of halogens is 1. The number of hydrogen-bond acceptors (Lipinski definition) is 6. The average Bonchev–Trinajstić information content (AvgIpc) is 3.18. The second-order valence-corrected chi connectivity index (χ2v) is 7.76. The molecule has 2 aromatic carbocycles. The summed E-state index contributed by atoms with van der Waals surface area (Å²) in [5.41, 5.74) is 3.22. The molecule has 0 amide bonds. The standard InChI is InChI=1S/C22H22FN5O2/c1-13-11-28(7-8-29-13)18-12-30-19-9-14(23)5-6-15(19)21(18)26-17-4-2-3-16-22(17)27-20(10-24)25-16/h2-6,9,13,18,21,26H,7-8,11-12H2,1H3,(H,25,27). The summed E-state index contributed by atoms with van der Waals surface area (Å²) in [7, 11) is 0. The van der Waals surface area contributed by atoms with Crippen LogP contribution in [0.5, 0.6) is 5.75 Å². The van der Waals surface area contributed by atoms with Crippen LogP contribution in [-0.4, -0.2) is 53.3 Å². The smallest absolute Gasteiger partial charge is 0.211 e. The number of aromatic nitrogens is 2. The fourth-order valence-electron chi connectivity index (χ4n) is 4.37. The van der Waals surface area contributed by atoms with Crippen molar-refractivity contribution < 1.29 is 13.9 Å². The first-order valence-corrected chi connectivity index (χ1v) is 10.1. The molecule has 1 fully saturated rings. The van der Waals surface area contributed by atoms with Gasteiger partial charge in [0.1, 0.15) is 29.8 Å². The fraction of sp³-hybridized carbons (Fsp3) is 0.364. The highest BCUT2D eigenvalue weighted by Crippen LogP contribution is 2.38. The van der Waals surface area contributed by atoms with Crippen LogP contribution in [0.4, 0.5) is 10.1 Å². The summed E-state index contributed by atoms with van der Waals surface area (Å²) < 4.78 is 25.5. The Morgan fingerprint density at radius 1 is 1.33 bits per heavy atom. The number of imidazole rings is 1. The van der Waals surface area contributed by atoms with Gasteiger partial charge in [0.25, 0.3) is 0 Å². The van der Waals surface area contributed by atoms with Crippen LogP contribution >= 0.6 is 0 Å². The number of nitrogens with one attached hydrogen (secondary N) is 2. The SMILES string of the molecule is CC1CN(C2COc3cc(F)ccc3C2Nc2cccc3[nH]c(C#N)nc23)CCO1. The Bertz CT molecular complexity index is 1120. The molecule has 2 aliphatic rings. The third kappa shape index (κ3) is 3.36. The molecule has 3 unspecified atom stereocenters. The van der Waals surface area contributed by atoms with Gasteiger partial charge in [-0.05, 0) is 25.1 Å². The number of rotatable bonds is 3. The van der Waals surface area contributed by atoms with Crippen molar-refractivity contribution in [2.24, 2.45) is 0 Å². The molecular formula is C22H22FN5O2. The highest BCUT2D eigenvalue weighted by atomic mass is 19.1. The largest absolute Gasteiger partial charge is 0.491 e. The maximum absolute atomic E-state index is 13.8. The van der Waals surface area contributed by atoms with E-state index in [9.17, 15) is 9.65 Å². The fourth-order valence-corrected chi connectivity index (χ4v) is 4.37. The van der Waals surface area contributed by atoms with Gasteiger partial charge in [-0.2, -0.15) is 5.26 Å². The third-order valence-corrected chi connectivity index (χ3v) is 5.78. The number of nitrogens with zero attached hydrogens (tertiary/aromatic N) is 3. The lowest BCUT2D eigenvalue weighted by Crippen LogP contribution is -2.54. The quantitative estimate of drug-likeness (QED) is 0.693. The van der Waals surface area contributed by atoms with E-state index < -0.39 is 0 Å². The van der Waals surface area contributed by atoms with Gasteiger partial charge in [0, 0.05) is 24.7 Å². The van der Waals surface area contributed by atoms with Gasteiger partial charge in [-0.15, -0.1) is 0 Å². The molecule has 0 radical (unpaired) electrons. The number of aromatic amines is 1. The summed E-state index contributed by atoms with van der Waals surface area (Å²) in [6, 6.07) is 12.4. The van der Waals surface area contributed by atoms with E-state index in [1.807, 2.05) is 18.2 Å². The monoisotopic (exact) mass is 407 g/mol. The second-order valence-electron chi connectivity index (χ2n) is 7.76. The summed E-state index contributed by atoms with van der Waals surface area (Å²) in [5, 5.41) is 12.8. The van der Waals surface area contributed by atoms with E-state index in [4.69, 9.17) is 9.47 Å². The van der Waals surface area contributed by atoms with E-state index in [0.29, 0.717) is 24.5 Å². The van der Waals surface area contributed by atoms with Crippen LogP contribution in [0.25, 0.3) is 11.0 Å². The Balaban J connectivity index is 1.55. The Hall–Kier alpha value is -3.15. The van der Waals surface area contributed by atoms with Crippen LogP contribution in [0.3, 0.4) is 0 Å². The van der Waals surface area contributed by atoms with Crippen LogP contribution in [0.15, 0.2) is 36.4 Å². The number of hydrogen-bond donors (Lipinski definition) is 2. The Kier molecular flexibility index (Phi) is 4.77. The Morgan fingerprint density at radius 3 is 3.07 bits per heavy atom. The Labute approximate surface area is 173 Å². The second kappa shape index (κ2) is 7.59. The van der Waals surface area contributed by atoms with Crippen molar-refractivity contribution in [3.05, 3.63) is 53.6 Å². The molecule has 0 spiro atoms. The molecule has 1 saturated heterocycles. The van der Waals surface area contributed by atoms with Gasteiger partial charge in [-0.1, -0.05) is 12.1 Å². The highest BCUT2D eigenvalue weighted by molar-refractivity contribution is 5.89. The van der Waals surface area contributed by atoms with Gasteiger partial charge < -0.3 is 19.8 Å². The van der Waals surface area contributed by atoms with Crippen molar-refractivity contribution in [3.63, 3.8) is 0 Å². The first kappa shape index (κ1) is 18.9. The first-order valence-electron chi connectivity index (χ1n) is 10.1. The molecule has 3 atom stereocenters. The Morgan fingerprint density at radius 2 is 2.23 bits per heavy atom. The molecule has 5 rings (SSSR count). The summed E-state index contributed by atoms with van der Waals surface area (Å²) in [5.74, 6) is 0.503. The van der Waals surface area contributed by atoms with E-state index in [-0.39, 0.29) is 29.8 Å². The first-order chi connectivity index (χ1) is 14.6. The number of benzene rings is 2. The minimum Gasteiger partial charge on any atom is -0.491 e. The third-order valence-electron chi connectivity index (χ3n) is 5.78. The van der Waals surface area contributed by atoms with Crippen LogP contribution in [0.2, 0.25) is 0 Å². The lowest BCUT2D eigenvalue weighted by Gasteiger charge is -2.44. The van der Waals surface area contributed by atoms with E-state index in [1.54, 1.807) is 6.07 Å². The van der Waals surface area contributed by atoms with E-state index in [2.05, 4.69) is 33.2 Å². The van der Waals surface area contributed by atoms with Crippen molar-refractivity contribution in [2.75, 3.05) is 31.6 Å². The van der Waals surface area contributed by atoms with Crippen LogP contribution in [0, 0.1) is 17.1 Å². The molecule has 1 aromatic heterocycles. The molecular weight excluding hydrogens is 385 g/mol. The molecule has 0 saturated carbocycles. The summed E-state index contributed by atoms with van der Waals surface area (Å²) in [4.78, 5) is 9.79. The number of nitriles is 1. The number of H-pyrrole nitrogens is 1. The van der Waals surface area contributed by atoms with Gasteiger partial charge in [-0.3, -0.25) is 4.90 Å². The van der Waals surface area contributed by atoms with Crippen molar-refractivity contribution in [1.29, 1.82) is 5.26 Å². The van der Waals surface area contributed by atoms with Gasteiger partial charge in [0.05, 0.1) is 36.0 Å². The van der Waals surface area contributed by atoms with Gasteiger partial charge in [0.2, 0.25) is 5.82 Å². The average molecular weight is 407 g/mol. The molecule has 3 heterocycles. The minimum absolute atomic E-state index is 0.0407. The molecule has 2 N–H and O–H groups in total. The lowest BCUT2D eigenvalue weighted by molar-refractivity contribution is -0.0465. The van der Waals surface area contributed by atoms with Gasteiger partial charge >= 0.3 is 0 Å².